The Balaban J connectivity index is 0.723. The molecule has 5 heterocycles. The Hall–Kier alpha value is -12.5. The molecule has 0 unspecified atom stereocenters. The number of para-hydroxylation sites is 6. The molecular formula is C87H57N7. The van der Waals surface area contributed by atoms with Gasteiger partial charge in [-0.25, -0.2) is 15.0 Å². The van der Waals surface area contributed by atoms with Crippen LogP contribution in [0.2, 0.25) is 0 Å². The van der Waals surface area contributed by atoms with E-state index in [1.807, 2.05) is 18.2 Å². The highest BCUT2D eigenvalue weighted by molar-refractivity contribution is 6.13. The molecule has 13 aromatic carbocycles. The number of allylic oxidation sites excluding steroid dienone is 1. The van der Waals surface area contributed by atoms with Gasteiger partial charge in [0, 0.05) is 88.3 Å². The molecule has 440 valence electrons. The van der Waals surface area contributed by atoms with Gasteiger partial charge in [0.25, 0.3) is 0 Å². The van der Waals surface area contributed by atoms with E-state index < -0.39 is 0 Å². The highest BCUT2D eigenvalue weighted by Crippen LogP contribution is 2.43. The molecule has 0 spiro atoms. The third-order valence-electron chi connectivity index (χ3n) is 19.3. The highest BCUT2D eigenvalue weighted by Gasteiger charge is 2.23. The molecule has 18 aromatic rings. The lowest BCUT2D eigenvalue weighted by molar-refractivity contribution is 0.888. The maximum atomic E-state index is 5.33. The standard InChI is InChI=1S/C87H57N7/c1-3-21-57(22-4-1)85-88-86(90-87(89-85)63-25-20-28-66(52-63)93-76-35-13-7-29-67(76)68-30-8-14-36-77(68)93)62-24-19-23-58(51-62)59-43-48-82(94-80-39-17-9-31-69(80)70-32-10-18-40-81(70)94)73(53-59)56-41-46-65(47-42-56)92-79-38-16-12-34-72(79)75-55-61(45-50-84(75)92)60-44-49-83-74(54-60)71-33-11-15-37-78(71)91(83)64-26-5-2-6-27-64/h1-14,16-36,38-55H,15,37H2. The van der Waals surface area contributed by atoms with Gasteiger partial charge in [-0.05, 0) is 150 Å². The van der Waals surface area contributed by atoms with Crippen LogP contribution in [-0.2, 0) is 6.42 Å². The van der Waals surface area contributed by atoms with Gasteiger partial charge in [-0.3, -0.25) is 0 Å². The van der Waals surface area contributed by atoms with Crippen LogP contribution in [0.25, 0.3) is 173 Å². The fourth-order valence-electron chi connectivity index (χ4n) is 15.0. The van der Waals surface area contributed by atoms with Crippen LogP contribution in [-0.4, -0.2) is 33.2 Å². The van der Waals surface area contributed by atoms with Crippen LogP contribution in [0.3, 0.4) is 0 Å². The first-order valence-corrected chi connectivity index (χ1v) is 32.3. The summed E-state index contributed by atoms with van der Waals surface area (Å²) in [5, 5.41) is 8.59. The predicted molar refractivity (Wildman–Crippen MR) is 390 cm³/mol. The number of benzene rings is 13. The Morgan fingerprint density at radius 1 is 0.245 bits per heavy atom. The number of rotatable bonds is 10. The van der Waals surface area contributed by atoms with Crippen molar-refractivity contribution in [3.63, 3.8) is 0 Å². The van der Waals surface area contributed by atoms with Gasteiger partial charge < -0.3 is 18.3 Å². The van der Waals surface area contributed by atoms with Gasteiger partial charge in [-0.1, -0.05) is 212 Å². The maximum Gasteiger partial charge on any atom is 0.164 e. The molecule has 0 saturated carbocycles. The highest BCUT2D eigenvalue weighted by atomic mass is 15.0. The summed E-state index contributed by atoms with van der Waals surface area (Å²) in [4.78, 5) is 15.8. The first kappa shape index (κ1) is 53.4. The molecule has 7 heteroatoms. The Labute approximate surface area is 542 Å². The molecule has 0 amide bonds. The SMILES string of the molecule is C1=Cc2c(n(-c3ccccc3)c3ccc(-c4ccc5c(c4)c4ccccc4n5-c4ccc(-c5cc(-c6cccc(-c7nc(-c8ccccc8)nc(-c8cccc(-n9c%10ccccc%10c%10ccccc%109)c8)n7)c6)ccc5-n5c6ccccc6c6ccccc65)cc4)cc23)CC1. The van der Waals surface area contributed by atoms with Crippen molar-refractivity contribution in [3.05, 3.63) is 327 Å². The van der Waals surface area contributed by atoms with Crippen molar-refractivity contribution in [2.75, 3.05) is 0 Å². The Bertz CT molecular complexity index is 5990. The van der Waals surface area contributed by atoms with Gasteiger partial charge in [0.1, 0.15) is 0 Å². The van der Waals surface area contributed by atoms with E-state index in [-0.39, 0.29) is 0 Å². The van der Waals surface area contributed by atoms with Gasteiger partial charge in [0.15, 0.2) is 17.5 Å². The van der Waals surface area contributed by atoms with Crippen LogP contribution in [0.1, 0.15) is 17.7 Å². The van der Waals surface area contributed by atoms with Crippen LogP contribution in [0, 0.1) is 0 Å². The van der Waals surface area contributed by atoms with Gasteiger partial charge >= 0.3 is 0 Å². The molecule has 0 aliphatic heterocycles. The largest absolute Gasteiger partial charge is 0.313 e. The lowest BCUT2D eigenvalue weighted by Crippen LogP contribution is -2.02. The molecule has 0 fully saturated rings. The number of nitrogens with zero attached hydrogens (tertiary/aromatic N) is 7. The van der Waals surface area contributed by atoms with Gasteiger partial charge in [-0.2, -0.15) is 0 Å². The minimum atomic E-state index is 0.596. The summed E-state index contributed by atoms with van der Waals surface area (Å²) in [5.41, 5.74) is 24.8. The lowest BCUT2D eigenvalue weighted by Gasteiger charge is -2.17. The van der Waals surface area contributed by atoms with Crippen LogP contribution in [0.15, 0.2) is 315 Å². The van der Waals surface area contributed by atoms with Crippen molar-refractivity contribution in [2.24, 2.45) is 0 Å². The number of fused-ring (bicyclic) bond motifs is 12. The summed E-state index contributed by atoms with van der Waals surface area (Å²) in [6.45, 7) is 0. The van der Waals surface area contributed by atoms with E-state index in [0.29, 0.717) is 17.5 Å². The van der Waals surface area contributed by atoms with Gasteiger partial charge in [0.2, 0.25) is 0 Å². The summed E-state index contributed by atoms with van der Waals surface area (Å²) in [5.74, 6) is 1.81. The second kappa shape index (κ2) is 21.6. The lowest BCUT2D eigenvalue weighted by atomic mass is 9.96. The van der Waals surface area contributed by atoms with E-state index in [1.165, 1.54) is 76.8 Å². The molecular weight excluding hydrogens is 1140 g/mol. The predicted octanol–water partition coefficient (Wildman–Crippen LogP) is 22.1. The molecule has 0 saturated heterocycles. The summed E-state index contributed by atoms with van der Waals surface area (Å²) in [6.07, 6.45) is 6.72. The minimum absolute atomic E-state index is 0.596. The van der Waals surface area contributed by atoms with Crippen LogP contribution >= 0.6 is 0 Å². The third-order valence-corrected chi connectivity index (χ3v) is 19.3. The summed E-state index contributed by atoms with van der Waals surface area (Å²) in [7, 11) is 0. The topological polar surface area (TPSA) is 58.4 Å². The van der Waals surface area contributed by atoms with Crippen LogP contribution in [0.5, 0.6) is 0 Å². The van der Waals surface area contributed by atoms with Crippen LogP contribution < -0.4 is 0 Å². The molecule has 94 heavy (non-hydrogen) atoms. The van der Waals surface area contributed by atoms with Crippen molar-refractivity contribution in [3.8, 4) is 90.3 Å². The van der Waals surface area contributed by atoms with E-state index in [0.717, 1.165) is 96.4 Å². The zero-order valence-corrected chi connectivity index (χ0v) is 51.1. The van der Waals surface area contributed by atoms with Crippen molar-refractivity contribution >= 4 is 82.4 Å². The first-order chi connectivity index (χ1) is 46.6. The average Bonchev–Trinajstić information content (AvgIpc) is 1.59. The molecule has 7 nitrogen and oxygen atoms in total. The van der Waals surface area contributed by atoms with E-state index in [9.17, 15) is 0 Å². The molecule has 19 rings (SSSR count). The summed E-state index contributed by atoms with van der Waals surface area (Å²) < 4.78 is 9.67. The fraction of sp³-hybridized carbons (Fsp3) is 0.0230. The third kappa shape index (κ3) is 8.63. The van der Waals surface area contributed by atoms with E-state index in [2.05, 4.69) is 322 Å². The Kier molecular flexibility index (Phi) is 12.3. The molecule has 1 aliphatic carbocycles. The van der Waals surface area contributed by atoms with Gasteiger partial charge in [0.05, 0.1) is 44.3 Å². The summed E-state index contributed by atoms with van der Waals surface area (Å²) >= 11 is 0. The second-order valence-electron chi connectivity index (χ2n) is 24.6. The van der Waals surface area contributed by atoms with E-state index in [1.54, 1.807) is 0 Å². The molecule has 0 N–H and O–H groups in total. The normalized spacial score (nSPS) is 12.3. The zero-order chi connectivity index (χ0) is 61.8. The Morgan fingerprint density at radius 2 is 0.649 bits per heavy atom. The quantitative estimate of drug-likeness (QED) is 0.137. The molecule has 5 aromatic heterocycles. The van der Waals surface area contributed by atoms with E-state index >= 15 is 0 Å². The Morgan fingerprint density at radius 3 is 1.27 bits per heavy atom. The average molecular weight is 1200 g/mol. The van der Waals surface area contributed by atoms with Crippen LogP contribution in [0.4, 0.5) is 0 Å². The second-order valence-corrected chi connectivity index (χ2v) is 24.6. The molecule has 1 aliphatic rings. The first-order valence-electron chi connectivity index (χ1n) is 32.3. The number of aromatic nitrogens is 7. The van der Waals surface area contributed by atoms with Crippen molar-refractivity contribution in [2.45, 2.75) is 12.8 Å². The smallest absolute Gasteiger partial charge is 0.164 e. The molecule has 0 radical (unpaired) electrons. The fourth-order valence-corrected chi connectivity index (χ4v) is 15.0. The zero-order valence-electron chi connectivity index (χ0n) is 51.1. The van der Waals surface area contributed by atoms with E-state index in [4.69, 9.17) is 15.0 Å². The monoisotopic (exact) mass is 1200 g/mol. The minimum Gasteiger partial charge on any atom is -0.313 e. The number of hydrogen-bond donors (Lipinski definition) is 0. The maximum absolute atomic E-state index is 5.33. The van der Waals surface area contributed by atoms with Crippen molar-refractivity contribution < 1.29 is 0 Å². The number of hydrogen-bond acceptors (Lipinski definition) is 3. The molecule has 0 bridgehead atoms. The summed E-state index contributed by atoms with van der Waals surface area (Å²) in [6, 6.07) is 112. The van der Waals surface area contributed by atoms with Crippen molar-refractivity contribution in [1.82, 2.24) is 33.2 Å². The van der Waals surface area contributed by atoms with Crippen molar-refractivity contribution in [1.29, 1.82) is 0 Å². The van der Waals surface area contributed by atoms with Gasteiger partial charge in [-0.15, -0.1) is 0 Å². The molecule has 0 atom stereocenters.